The van der Waals surface area contributed by atoms with Gasteiger partial charge in [-0.15, -0.1) is 0 Å². The first-order valence-corrected chi connectivity index (χ1v) is 7.48. The summed E-state index contributed by atoms with van der Waals surface area (Å²) in [4.78, 5) is 25.3. The Bertz CT molecular complexity index is 515. The molecule has 2 heterocycles. The van der Waals surface area contributed by atoms with Crippen LogP contribution in [0.1, 0.15) is 48.9 Å². The van der Waals surface area contributed by atoms with Gasteiger partial charge in [-0.05, 0) is 26.9 Å². The van der Waals surface area contributed by atoms with Gasteiger partial charge in [0.05, 0.1) is 11.9 Å². The van der Waals surface area contributed by atoms with Crippen molar-refractivity contribution in [1.82, 2.24) is 19.8 Å². The summed E-state index contributed by atoms with van der Waals surface area (Å²) in [5.41, 5.74) is 6.61. The monoisotopic (exact) mass is 291 g/mol. The van der Waals surface area contributed by atoms with E-state index in [1.165, 1.54) is 0 Å². The molecule has 1 unspecified atom stereocenters. The molecule has 1 aromatic rings. The molecule has 0 spiro atoms. The van der Waals surface area contributed by atoms with E-state index >= 15 is 0 Å². The van der Waals surface area contributed by atoms with Crippen molar-refractivity contribution in [3.8, 4) is 0 Å². The van der Waals surface area contributed by atoms with Crippen LogP contribution in [0, 0.1) is 0 Å². The number of aromatic nitrogens is 2. The van der Waals surface area contributed by atoms with Gasteiger partial charge in [-0.3, -0.25) is 4.79 Å². The predicted octanol–water partition coefficient (Wildman–Crippen LogP) is 1.35. The van der Waals surface area contributed by atoms with Gasteiger partial charge in [-0.25, -0.2) is 9.97 Å². The zero-order valence-corrected chi connectivity index (χ0v) is 13.3. The van der Waals surface area contributed by atoms with Crippen LogP contribution in [0.3, 0.4) is 0 Å². The highest BCUT2D eigenvalue weighted by Gasteiger charge is 2.27. The zero-order valence-electron chi connectivity index (χ0n) is 13.3. The Labute approximate surface area is 126 Å². The zero-order chi connectivity index (χ0) is 15.6. The number of carbonyl (C=O) groups is 1. The minimum atomic E-state index is -0.0802. The molecule has 1 aliphatic heterocycles. The van der Waals surface area contributed by atoms with Crippen molar-refractivity contribution >= 4 is 11.6 Å². The molecular formula is C15H25N5O. The number of hydrogen-bond donors (Lipinski definition) is 1. The van der Waals surface area contributed by atoms with Gasteiger partial charge in [0, 0.05) is 25.0 Å². The summed E-state index contributed by atoms with van der Waals surface area (Å²) >= 11 is 0. The number of amides is 1. The van der Waals surface area contributed by atoms with Crippen LogP contribution in [0.2, 0.25) is 0 Å². The molecule has 21 heavy (non-hydrogen) atoms. The third-order valence-electron chi connectivity index (χ3n) is 3.97. The number of nitrogens with zero attached hydrogens (tertiary/aromatic N) is 4. The molecule has 1 aliphatic rings. The fourth-order valence-electron chi connectivity index (χ4n) is 2.56. The van der Waals surface area contributed by atoms with Crippen LogP contribution in [-0.4, -0.2) is 58.9 Å². The Morgan fingerprint density at radius 1 is 1.48 bits per heavy atom. The predicted molar refractivity (Wildman–Crippen MR) is 83.1 cm³/mol. The van der Waals surface area contributed by atoms with Gasteiger partial charge in [0.1, 0.15) is 5.82 Å². The van der Waals surface area contributed by atoms with Crippen molar-refractivity contribution in [1.29, 1.82) is 0 Å². The molecule has 1 amide bonds. The number of rotatable bonds is 3. The third kappa shape index (κ3) is 3.50. The second-order valence-electron chi connectivity index (χ2n) is 6.20. The summed E-state index contributed by atoms with van der Waals surface area (Å²) in [6.07, 6.45) is 3.67. The molecule has 0 aromatic carbocycles. The Kier molecular flexibility index (Phi) is 4.77. The normalized spacial score (nSPS) is 19.3. The molecule has 0 radical (unpaired) electrons. The maximum Gasteiger partial charge on any atom is 0.274 e. The van der Waals surface area contributed by atoms with Gasteiger partial charge in [-0.2, -0.15) is 0 Å². The maximum absolute atomic E-state index is 12.7. The Balaban J connectivity index is 2.21. The average Bonchev–Trinajstić information content (AvgIpc) is 2.47. The van der Waals surface area contributed by atoms with Crippen molar-refractivity contribution in [3.63, 3.8) is 0 Å². The molecule has 6 heteroatoms. The van der Waals surface area contributed by atoms with E-state index in [1.54, 1.807) is 6.20 Å². The standard InChI is InChI=1S/C15H25N5O/c1-10(2)14-17-8-12(16)13(18-14)15(21)20-7-5-6-11(9-20)19(3)4/h8,10-11H,5-7,9,16H2,1-4H3. The summed E-state index contributed by atoms with van der Waals surface area (Å²) < 4.78 is 0. The van der Waals surface area contributed by atoms with Crippen LogP contribution in [0.4, 0.5) is 5.69 Å². The van der Waals surface area contributed by atoms with Crippen molar-refractivity contribution in [3.05, 3.63) is 17.7 Å². The summed E-state index contributed by atoms with van der Waals surface area (Å²) in [6.45, 7) is 5.50. The largest absolute Gasteiger partial charge is 0.396 e. The number of likely N-dealkylation sites (N-methyl/N-ethyl adjacent to an activating group) is 1. The minimum absolute atomic E-state index is 0.0802. The van der Waals surface area contributed by atoms with Crippen LogP contribution >= 0.6 is 0 Å². The SMILES string of the molecule is CC(C)c1ncc(N)c(C(=O)N2CCCC(N(C)C)C2)n1. The van der Waals surface area contributed by atoms with E-state index in [2.05, 4.69) is 29.0 Å². The van der Waals surface area contributed by atoms with Crippen LogP contribution < -0.4 is 5.73 Å². The smallest absolute Gasteiger partial charge is 0.274 e. The fraction of sp³-hybridized carbons (Fsp3) is 0.667. The summed E-state index contributed by atoms with van der Waals surface area (Å²) in [5.74, 6) is 0.755. The molecule has 116 valence electrons. The van der Waals surface area contributed by atoms with Gasteiger partial charge in [0.25, 0.3) is 5.91 Å². The van der Waals surface area contributed by atoms with Gasteiger partial charge in [0.15, 0.2) is 5.69 Å². The Morgan fingerprint density at radius 2 is 2.19 bits per heavy atom. The number of hydrogen-bond acceptors (Lipinski definition) is 5. The van der Waals surface area contributed by atoms with Gasteiger partial charge in [-0.1, -0.05) is 13.8 Å². The third-order valence-corrected chi connectivity index (χ3v) is 3.97. The molecule has 1 fully saturated rings. The number of anilines is 1. The number of piperidine rings is 1. The molecule has 1 atom stereocenters. The van der Waals surface area contributed by atoms with E-state index in [4.69, 9.17) is 5.73 Å². The Morgan fingerprint density at radius 3 is 2.81 bits per heavy atom. The number of carbonyl (C=O) groups excluding carboxylic acids is 1. The van der Waals surface area contributed by atoms with Gasteiger partial charge >= 0.3 is 0 Å². The topological polar surface area (TPSA) is 75.3 Å². The van der Waals surface area contributed by atoms with Crippen molar-refractivity contribution in [2.24, 2.45) is 0 Å². The molecule has 1 saturated heterocycles. The molecule has 0 saturated carbocycles. The molecule has 2 rings (SSSR count). The number of nitrogen functional groups attached to an aromatic ring is 1. The van der Waals surface area contributed by atoms with Crippen LogP contribution in [-0.2, 0) is 0 Å². The van der Waals surface area contributed by atoms with Gasteiger partial charge in [0.2, 0.25) is 0 Å². The van der Waals surface area contributed by atoms with Crippen molar-refractivity contribution in [2.75, 3.05) is 32.9 Å². The highest BCUT2D eigenvalue weighted by atomic mass is 16.2. The quantitative estimate of drug-likeness (QED) is 0.909. The Hall–Kier alpha value is -1.69. The summed E-state index contributed by atoms with van der Waals surface area (Å²) in [5, 5.41) is 0. The van der Waals surface area contributed by atoms with E-state index in [1.807, 2.05) is 18.7 Å². The van der Waals surface area contributed by atoms with Crippen LogP contribution in [0.15, 0.2) is 6.20 Å². The molecular weight excluding hydrogens is 266 g/mol. The molecule has 1 aromatic heterocycles. The number of nitrogens with two attached hydrogens (primary N) is 1. The van der Waals surface area contributed by atoms with Crippen LogP contribution in [0.25, 0.3) is 0 Å². The lowest BCUT2D eigenvalue weighted by molar-refractivity contribution is 0.0630. The highest BCUT2D eigenvalue weighted by Crippen LogP contribution is 2.19. The molecule has 0 aliphatic carbocycles. The second-order valence-corrected chi connectivity index (χ2v) is 6.20. The maximum atomic E-state index is 12.7. The van der Waals surface area contributed by atoms with E-state index in [9.17, 15) is 4.79 Å². The lowest BCUT2D eigenvalue weighted by atomic mass is 10.0. The second kappa shape index (κ2) is 6.39. The van der Waals surface area contributed by atoms with Crippen molar-refractivity contribution < 1.29 is 4.79 Å². The number of likely N-dealkylation sites (tertiary alicyclic amines) is 1. The first-order chi connectivity index (χ1) is 9.90. The lowest BCUT2D eigenvalue weighted by Crippen LogP contribution is -2.47. The minimum Gasteiger partial charge on any atom is -0.396 e. The lowest BCUT2D eigenvalue weighted by Gasteiger charge is -2.36. The fourth-order valence-corrected chi connectivity index (χ4v) is 2.56. The highest BCUT2D eigenvalue weighted by molar-refractivity contribution is 5.97. The van der Waals surface area contributed by atoms with Gasteiger partial charge < -0.3 is 15.5 Å². The van der Waals surface area contributed by atoms with E-state index in [0.29, 0.717) is 23.2 Å². The summed E-state index contributed by atoms with van der Waals surface area (Å²) in [6, 6.07) is 0.398. The van der Waals surface area contributed by atoms with E-state index in [0.717, 1.165) is 25.9 Å². The average molecular weight is 291 g/mol. The first-order valence-electron chi connectivity index (χ1n) is 7.48. The summed E-state index contributed by atoms with van der Waals surface area (Å²) in [7, 11) is 4.10. The van der Waals surface area contributed by atoms with E-state index < -0.39 is 0 Å². The first kappa shape index (κ1) is 15.7. The van der Waals surface area contributed by atoms with Crippen molar-refractivity contribution in [2.45, 2.75) is 38.6 Å². The van der Waals surface area contributed by atoms with Crippen LogP contribution in [0.5, 0.6) is 0 Å². The van der Waals surface area contributed by atoms with E-state index in [-0.39, 0.29) is 11.8 Å². The molecule has 2 N–H and O–H groups in total. The molecule has 0 bridgehead atoms. The molecule has 6 nitrogen and oxygen atoms in total.